The number of aromatic hydroxyl groups is 1. The standard InChI is InChI=1S/C13H9BrN2O4/c14-11-5-7(3-4-15-11)12(18)16-8-1-2-10(17)9(6-8)13(19)20/h1-6,17H,(H,16,18)(H,19,20). The molecule has 20 heavy (non-hydrogen) atoms. The van der Waals surface area contributed by atoms with Gasteiger partial charge in [0.1, 0.15) is 15.9 Å². The molecule has 6 nitrogen and oxygen atoms in total. The molecule has 0 bridgehead atoms. The molecule has 2 aromatic rings. The number of pyridine rings is 1. The number of rotatable bonds is 3. The molecule has 0 aliphatic rings. The van der Waals surface area contributed by atoms with Gasteiger partial charge in [-0.2, -0.15) is 0 Å². The van der Waals surface area contributed by atoms with Crippen molar-refractivity contribution < 1.29 is 19.8 Å². The van der Waals surface area contributed by atoms with E-state index < -0.39 is 11.9 Å². The van der Waals surface area contributed by atoms with E-state index in [0.717, 1.165) is 0 Å². The molecule has 0 fully saturated rings. The van der Waals surface area contributed by atoms with Crippen LogP contribution in [0.2, 0.25) is 0 Å². The lowest BCUT2D eigenvalue weighted by molar-refractivity contribution is 0.0693. The monoisotopic (exact) mass is 336 g/mol. The second kappa shape index (κ2) is 5.70. The lowest BCUT2D eigenvalue weighted by Gasteiger charge is -2.07. The second-order valence-corrected chi connectivity index (χ2v) is 4.67. The van der Waals surface area contributed by atoms with Crippen molar-refractivity contribution in [3.63, 3.8) is 0 Å². The Kier molecular flexibility index (Phi) is 3.99. The number of nitrogens with zero attached hydrogens (tertiary/aromatic N) is 1. The smallest absolute Gasteiger partial charge is 0.339 e. The van der Waals surface area contributed by atoms with Crippen molar-refractivity contribution in [2.75, 3.05) is 5.32 Å². The van der Waals surface area contributed by atoms with E-state index in [1.165, 1.54) is 36.5 Å². The van der Waals surface area contributed by atoms with Gasteiger partial charge in [-0.1, -0.05) is 0 Å². The Morgan fingerprint density at radius 1 is 1.20 bits per heavy atom. The van der Waals surface area contributed by atoms with Gasteiger partial charge in [0.25, 0.3) is 5.91 Å². The number of aromatic nitrogens is 1. The first-order valence-corrected chi connectivity index (χ1v) is 6.26. The first kappa shape index (κ1) is 14.0. The number of carbonyl (C=O) groups is 2. The Morgan fingerprint density at radius 3 is 2.60 bits per heavy atom. The number of amides is 1. The number of phenols is 1. The highest BCUT2D eigenvalue weighted by Crippen LogP contribution is 2.22. The third-order valence-electron chi connectivity index (χ3n) is 2.47. The Bertz CT molecular complexity index is 688. The molecule has 0 aliphatic carbocycles. The minimum atomic E-state index is -1.27. The summed E-state index contributed by atoms with van der Waals surface area (Å²) in [6, 6.07) is 6.87. The van der Waals surface area contributed by atoms with Crippen LogP contribution in [0, 0.1) is 0 Å². The van der Waals surface area contributed by atoms with Gasteiger partial charge in [-0.05, 0) is 46.3 Å². The van der Waals surface area contributed by atoms with Crippen molar-refractivity contribution in [2.24, 2.45) is 0 Å². The van der Waals surface area contributed by atoms with Crippen molar-refractivity contribution in [1.82, 2.24) is 4.98 Å². The third-order valence-corrected chi connectivity index (χ3v) is 2.91. The molecule has 3 N–H and O–H groups in total. The zero-order valence-electron chi connectivity index (χ0n) is 10.0. The average Bonchev–Trinajstić information content (AvgIpc) is 2.40. The van der Waals surface area contributed by atoms with Gasteiger partial charge in [-0.25, -0.2) is 9.78 Å². The fourth-order valence-corrected chi connectivity index (χ4v) is 1.90. The molecule has 0 unspecified atom stereocenters. The van der Waals surface area contributed by atoms with Crippen molar-refractivity contribution in [2.45, 2.75) is 0 Å². The maximum absolute atomic E-state index is 12.0. The van der Waals surface area contributed by atoms with E-state index in [0.29, 0.717) is 10.2 Å². The summed E-state index contributed by atoms with van der Waals surface area (Å²) in [5.41, 5.74) is 0.369. The van der Waals surface area contributed by atoms with Crippen molar-refractivity contribution >= 4 is 33.5 Å². The van der Waals surface area contributed by atoms with Crippen LogP contribution in [-0.4, -0.2) is 27.1 Å². The minimum absolute atomic E-state index is 0.276. The van der Waals surface area contributed by atoms with E-state index in [1.807, 2.05) is 0 Å². The van der Waals surface area contributed by atoms with Crippen LogP contribution in [0.15, 0.2) is 41.1 Å². The number of hydrogen-bond donors (Lipinski definition) is 3. The first-order valence-electron chi connectivity index (χ1n) is 5.46. The Morgan fingerprint density at radius 2 is 1.95 bits per heavy atom. The summed E-state index contributed by atoms with van der Waals surface area (Å²) in [7, 11) is 0. The van der Waals surface area contributed by atoms with Crippen molar-refractivity contribution in [1.29, 1.82) is 0 Å². The number of halogens is 1. The highest BCUT2D eigenvalue weighted by Gasteiger charge is 2.12. The summed E-state index contributed by atoms with van der Waals surface area (Å²) in [5.74, 6) is -2.04. The predicted molar refractivity (Wildman–Crippen MR) is 75.0 cm³/mol. The fourth-order valence-electron chi connectivity index (χ4n) is 1.53. The molecule has 7 heteroatoms. The molecule has 102 valence electrons. The molecule has 1 heterocycles. The summed E-state index contributed by atoms with van der Waals surface area (Å²) in [6.45, 7) is 0. The van der Waals surface area contributed by atoms with Crippen LogP contribution < -0.4 is 5.32 Å². The molecule has 0 saturated carbocycles. The molecule has 2 rings (SSSR count). The molecule has 0 spiro atoms. The number of nitrogens with one attached hydrogen (secondary N) is 1. The maximum atomic E-state index is 12.0. The number of anilines is 1. The highest BCUT2D eigenvalue weighted by atomic mass is 79.9. The molecule has 0 radical (unpaired) electrons. The number of carbonyl (C=O) groups excluding carboxylic acids is 1. The summed E-state index contributed by atoms with van der Waals surface area (Å²) in [4.78, 5) is 26.8. The van der Waals surface area contributed by atoms with Crippen LogP contribution in [0.3, 0.4) is 0 Å². The van der Waals surface area contributed by atoms with Gasteiger partial charge in [0.05, 0.1) is 0 Å². The van der Waals surface area contributed by atoms with Gasteiger partial charge in [-0.3, -0.25) is 4.79 Å². The highest BCUT2D eigenvalue weighted by molar-refractivity contribution is 9.10. The third kappa shape index (κ3) is 3.12. The van der Waals surface area contributed by atoms with E-state index in [-0.39, 0.29) is 17.0 Å². The number of carboxylic acids is 1. The van der Waals surface area contributed by atoms with E-state index >= 15 is 0 Å². The van der Waals surface area contributed by atoms with Gasteiger partial charge in [0.2, 0.25) is 0 Å². The van der Waals surface area contributed by atoms with Gasteiger partial charge < -0.3 is 15.5 Å². The van der Waals surface area contributed by atoms with Crippen LogP contribution in [-0.2, 0) is 0 Å². The lowest BCUT2D eigenvalue weighted by Crippen LogP contribution is -2.12. The predicted octanol–water partition coefficient (Wildman–Crippen LogP) is 2.50. The summed E-state index contributed by atoms with van der Waals surface area (Å²) in [6.07, 6.45) is 1.47. The fraction of sp³-hybridized carbons (Fsp3) is 0. The largest absolute Gasteiger partial charge is 0.507 e. The molecule has 0 aliphatic heterocycles. The van der Waals surface area contributed by atoms with E-state index in [2.05, 4.69) is 26.2 Å². The number of aromatic carboxylic acids is 1. The second-order valence-electron chi connectivity index (χ2n) is 3.86. The summed E-state index contributed by atoms with van der Waals surface area (Å²) >= 11 is 3.15. The lowest BCUT2D eigenvalue weighted by atomic mass is 10.1. The van der Waals surface area contributed by atoms with E-state index in [9.17, 15) is 14.7 Å². The SMILES string of the molecule is O=C(Nc1ccc(O)c(C(=O)O)c1)c1ccnc(Br)c1. The Hall–Kier alpha value is -2.41. The van der Waals surface area contributed by atoms with Crippen LogP contribution >= 0.6 is 15.9 Å². The Balaban J connectivity index is 2.24. The minimum Gasteiger partial charge on any atom is -0.507 e. The quantitative estimate of drug-likeness (QED) is 0.590. The van der Waals surface area contributed by atoms with E-state index in [1.54, 1.807) is 0 Å². The van der Waals surface area contributed by atoms with Crippen molar-refractivity contribution in [3.05, 3.63) is 52.3 Å². The zero-order chi connectivity index (χ0) is 14.7. The molecule has 1 amide bonds. The topological polar surface area (TPSA) is 99.5 Å². The van der Waals surface area contributed by atoms with Crippen LogP contribution in [0.1, 0.15) is 20.7 Å². The van der Waals surface area contributed by atoms with Gasteiger partial charge in [0, 0.05) is 17.4 Å². The number of carboxylic acid groups (broad SMARTS) is 1. The van der Waals surface area contributed by atoms with Crippen LogP contribution in [0.25, 0.3) is 0 Å². The molecular weight excluding hydrogens is 328 g/mol. The van der Waals surface area contributed by atoms with E-state index in [4.69, 9.17) is 5.11 Å². The number of benzene rings is 1. The zero-order valence-corrected chi connectivity index (χ0v) is 11.6. The van der Waals surface area contributed by atoms with Gasteiger partial charge in [0.15, 0.2) is 0 Å². The average molecular weight is 337 g/mol. The molecular formula is C13H9BrN2O4. The van der Waals surface area contributed by atoms with Crippen molar-refractivity contribution in [3.8, 4) is 5.75 Å². The molecule has 0 saturated heterocycles. The maximum Gasteiger partial charge on any atom is 0.339 e. The van der Waals surface area contributed by atoms with Gasteiger partial charge in [-0.15, -0.1) is 0 Å². The first-order chi connectivity index (χ1) is 9.47. The molecule has 0 atom stereocenters. The van der Waals surface area contributed by atoms with Gasteiger partial charge >= 0.3 is 5.97 Å². The Labute approximate surface area is 122 Å². The normalized spacial score (nSPS) is 10.1. The summed E-state index contributed by atoms with van der Waals surface area (Å²) in [5, 5.41) is 20.8. The van der Waals surface area contributed by atoms with Crippen LogP contribution in [0.5, 0.6) is 5.75 Å². The number of hydrogen-bond acceptors (Lipinski definition) is 4. The summed E-state index contributed by atoms with van der Waals surface area (Å²) < 4.78 is 0.516. The molecule has 1 aromatic carbocycles. The van der Waals surface area contributed by atoms with Crippen LogP contribution in [0.4, 0.5) is 5.69 Å². The molecule has 1 aromatic heterocycles.